The molecule has 1 aliphatic rings. The number of fused-ring (bicyclic) bond motifs is 1. The number of rotatable bonds is 6. The van der Waals surface area contributed by atoms with Crippen molar-refractivity contribution in [3.63, 3.8) is 0 Å². The van der Waals surface area contributed by atoms with E-state index in [4.69, 9.17) is 0 Å². The number of halogens is 1. The molecule has 0 aliphatic carbocycles. The van der Waals surface area contributed by atoms with E-state index < -0.39 is 32.8 Å². The van der Waals surface area contributed by atoms with Crippen LogP contribution in [0.5, 0.6) is 0 Å². The fraction of sp³-hybridized carbons (Fsp3) is 0.292. The van der Waals surface area contributed by atoms with E-state index in [9.17, 15) is 22.4 Å². The zero-order chi connectivity index (χ0) is 27.1. The Morgan fingerprint density at radius 1 is 1.19 bits per heavy atom. The van der Waals surface area contributed by atoms with Crippen molar-refractivity contribution in [2.75, 3.05) is 11.2 Å². The molecule has 1 aliphatic heterocycles. The fourth-order valence-electron chi connectivity index (χ4n) is 4.66. The number of nitrogens with one attached hydrogen (secondary N) is 1. The summed E-state index contributed by atoms with van der Waals surface area (Å²) in [6, 6.07) is 13.1. The highest BCUT2D eigenvalue weighted by molar-refractivity contribution is 7.90. The highest BCUT2D eigenvalue weighted by Crippen LogP contribution is 2.38. The van der Waals surface area contributed by atoms with Crippen LogP contribution >= 0.6 is 0 Å². The van der Waals surface area contributed by atoms with Crippen LogP contribution in [0.25, 0.3) is 0 Å². The first-order valence-corrected chi connectivity index (χ1v) is 13.9. The van der Waals surface area contributed by atoms with Gasteiger partial charge >= 0.3 is 0 Å². The lowest BCUT2D eigenvalue weighted by atomic mass is 9.48. The maximum atomic E-state index is 14.7. The first-order valence-electron chi connectivity index (χ1n) is 12.0. The van der Waals surface area contributed by atoms with Crippen molar-refractivity contribution in [1.29, 1.82) is 0 Å². The molecule has 0 unspecified atom stereocenters. The van der Waals surface area contributed by atoms with Crippen molar-refractivity contribution in [2.45, 2.75) is 42.0 Å². The Balaban J connectivity index is 1.64. The zero-order valence-electron chi connectivity index (χ0n) is 21.5. The summed E-state index contributed by atoms with van der Waals surface area (Å²) >= 11 is 0. The minimum atomic E-state index is -3.46. The molecule has 1 N–H and O–H groups in total. The van der Waals surface area contributed by atoms with E-state index in [0.29, 0.717) is 17.8 Å². The number of hydrogen-bond acceptors (Lipinski definition) is 5. The van der Waals surface area contributed by atoms with E-state index >= 15 is 0 Å². The van der Waals surface area contributed by atoms with Crippen molar-refractivity contribution < 1.29 is 22.4 Å². The number of carbonyl (C=O) groups is 2. The summed E-state index contributed by atoms with van der Waals surface area (Å²) in [5, 5.41) is 6.14. The van der Waals surface area contributed by atoms with Gasteiger partial charge in [0.2, 0.25) is 5.91 Å². The molecule has 8 nitrogen and oxygen atoms in total. The van der Waals surface area contributed by atoms with Gasteiger partial charge in [-0.15, -0.1) is 0 Å². The van der Waals surface area contributed by atoms with Gasteiger partial charge in [0.1, 0.15) is 29.6 Å². The lowest BCUT2D eigenvalue weighted by Gasteiger charge is -2.38. The minimum Gasteiger partial charge on any atom is -0.339 e. The molecule has 13 heteroatoms. The Hall–Kier alpha value is -3.34. The maximum absolute atomic E-state index is 14.7. The molecule has 2 amide bonds. The number of carbonyl (C=O) groups excluding carboxylic acids is 2. The molecule has 0 spiro atoms. The van der Waals surface area contributed by atoms with Gasteiger partial charge < -0.3 is 10.2 Å². The van der Waals surface area contributed by atoms with Crippen LogP contribution in [-0.2, 0) is 21.2 Å². The number of aromatic nitrogens is 2. The van der Waals surface area contributed by atoms with Gasteiger partial charge in [-0.1, -0.05) is 37.3 Å². The molecule has 0 saturated carbocycles. The van der Waals surface area contributed by atoms with Gasteiger partial charge in [0, 0.05) is 11.9 Å². The number of benzene rings is 2. The number of sulfone groups is 1. The van der Waals surface area contributed by atoms with Gasteiger partial charge in [0.05, 0.1) is 17.6 Å². The molecule has 1 aromatic heterocycles. The summed E-state index contributed by atoms with van der Waals surface area (Å²) in [6.45, 7) is 2.17. The quantitative estimate of drug-likeness (QED) is 0.448. The van der Waals surface area contributed by atoms with Crippen molar-refractivity contribution >= 4 is 50.9 Å². The van der Waals surface area contributed by atoms with E-state index in [0.717, 1.165) is 18.0 Å². The third kappa shape index (κ3) is 5.66. The van der Waals surface area contributed by atoms with Crippen LogP contribution < -0.4 is 10.2 Å². The van der Waals surface area contributed by atoms with Crippen molar-refractivity contribution in [2.24, 2.45) is 0 Å². The molecule has 2 atom stereocenters. The molecule has 0 bridgehead atoms. The molecular formula is C24H28B3FN4O4S. The highest BCUT2D eigenvalue weighted by Gasteiger charge is 2.40. The van der Waals surface area contributed by atoms with Crippen molar-refractivity contribution in [3.8, 4) is 0 Å². The van der Waals surface area contributed by atoms with Gasteiger partial charge in [0.15, 0.2) is 21.3 Å². The predicted octanol–water partition coefficient (Wildman–Crippen LogP) is -0.377. The van der Waals surface area contributed by atoms with Crippen LogP contribution in [0.2, 0.25) is 0 Å². The van der Waals surface area contributed by atoms with Crippen LogP contribution in [-0.4, -0.2) is 71.1 Å². The van der Waals surface area contributed by atoms with Gasteiger partial charge in [-0.3, -0.25) is 14.3 Å². The van der Waals surface area contributed by atoms with E-state index in [1.54, 1.807) is 17.0 Å². The molecule has 190 valence electrons. The number of hydrogen-bond donors (Lipinski definition) is 1. The first kappa shape index (κ1) is 26.7. The third-order valence-electron chi connectivity index (χ3n) is 6.40. The summed E-state index contributed by atoms with van der Waals surface area (Å²) in [5.41, 5.74) is 1.80. The van der Waals surface area contributed by atoms with Gasteiger partial charge in [-0.2, -0.15) is 5.10 Å². The van der Waals surface area contributed by atoms with E-state index in [2.05, 4.69) is 10.4 Å². The molecule has 2 heterocycles. The zero-order valence-corrected chi connectivity index (χ0v) is 22.3. The smallest absolute Gasteiger partial charge is 0.275 e. The average molecular weight is 520 g/mol. The second-order valence-corrected chi connectivity index (χ2v) is 12.5. The van der Waals surface area contributed by atoms with Crippen LogP contribution in [0.4, 0.5) is 10.1 Å². The molecule has 37 heavy (non-hydrogen) atoms. The molecule has 4 rings (SSSR count). The lowest BCUT2D eigenvalue weighted by Crippen LogP contribution is -2.59. The predicted molar refractivity (Wildman–Crippen MR) is 147 cm³/mol. The largest absolute Gasteiger partial charge is 0.339 e. The maximum Gasteiger partial charge on any atom is 0.275 e. The Kier molecular flexibility index (Phi) is 7.11. The van der Waals surface area contributed by atoms with Crippen LogP contribution in [0.15, 0.2) is 59.6 Å². The Morgan fingerprint density at radius 3 is 2.49 bits per heavy atom. The van der Waals surface area contributed by atoms with Gasteiger partial charge in [0.25, 0.3) is 5.91 Å². The minimum absolute atomic E-state index is 0.160. The molecule has 3 aromatic rings. The summed E-state index contributed by atoms with van der Waals surface area (Å²) in [6.07, 6.45) is 2.50. The molecular weight excluding hydrogens is 492 g/mol. The number of anilines is 1. The standard InChI is InChI=1S/C24H28B3FN4O4S/c1-14-10-19(29-22(33)21-18(28)13-31(30-21)12-15-6-4-3-5-7-15)23(34)32(24(25,26)27)20-9-8-16(11-17(14)20)37(2,35)36/h3-9,11,13-14,19H,10,12,25-27H2,1-2H3,(H,29,33)/t14-,19+/m0/s1. The van der Waals surface area contributed by atoms with Crippen LogP contribution in [0.1, 0.15) is 40.9 Å². The molecule has 0 saturated heterocycles. The molecule has 0 fully saturated rings. The fourth-order valence-corrected chi connectivity index (χ4v) is 5.32. The second kappa shape index (κ2) is 9.85. The summed E-state index contributed by atoms with van der Waals surface area (Å²) in [4.78, 5) is 28.6. The monoisotopic (exact) mass is 520 g/mol. The Labute approximate surface area is 218 Å². The topological polar surface area (TPSA) is 101 Å². The van der Waals surface area contributed by atoms with E-state index in [1.165, 1.54) is 10.7 Å². The Bertz CT molecular complexity index is 1460. The van der Waals surface area contributed by atoms with Crippen LogP contribution in [0.3, 0.4) is 0 Å². The molecule has 0 radical (unpaired) electrons. The summed E-state index contributed by atoms with van der Waals surface area (Å²) in [7, 11) is 2.12. The third-order valence-corrected chi connectivity index (χ3v) is 7.51. The number of amides is 2. The van der Waals surface area contributed by atoms with Crippen LogP contribution in [0, 0.1) is 5.82 Å². The van der Waals surface area contributed by atoms with E-state index in [-0.39, 0.29) is 28.8 Å². The lowest BCUT2D eigenvalue weighted by molar-refractivity contribution is -0.120. The van der Waals surface area contributed by atoms with Gasteiger partial charge in [-0.25, -0.2) is 12.8 Å². The Morgan fingerprint density at radius 2 is 1.86 bits per heavy atom. The SMILES string of the molecule is BC(B)(B)N1C(=O)[C@H](NC(=O)c2nn(Cc3ccccc3)cc2F)C[C@H](C)c2cc(S(C)(=O)=O)ccc21. The summed E-state index contributed by atoms with van der Waals surface area (Å²) in [5.74, 6) is -2.19. The van der Waals surface area contributed by atoms with Gasteiger partial charge in [-0.05, 0) is 46.9 Å². The van der Waals surface area contributed by atoms with Crippen molar-refractivity contribution in [3.05, 3.63) is 77.4 Å². The van der Waals surface area contributed by atoms with E-state index in [1.807, 2.05) is 60.8 Å². The summed E-state index contributed by atoms with van der Waals surface area (Å²) < 4.78 is 40.4. The highest BCUT2D eigenvalue weighted by atomic mass is 32.2. The normalized spacial score (nSPS) is 18.2. The number of nitrogens with zero attached hydrogens (tertiary/aromatic N) is 3. The second-order valence-electron chi connectivity index (χ2n) is 10.5. The first-order chi connectivity index (χ1) is 17.3. The average Bonchev–Trinajstić information content (AvgIpc) is 3.12. The molecule has 2 aromatic carbocycles. The van der Waals surface area contributed by atoms with Crippen molar-refractivity contribution in [1.82, 2.24) is 15.1 Å².